The van der Waals surface area contributed by atoms with Gasteiger partial charge in [0.05, 0.1) is 19.1 Å². The first-order valence-corrected chi connectivity index (χ1v) is 10.9. The molecule has 0 aromatic heterocycles. The van der Waals surface area contributed by atoms with Crippen molar-refractivity contribution in [2.45, 2.75) is 32.7 Å². The second-order valence-corrected chi connectivity index (χ2v) is 8.32. The van der Waals surface area contributed by atoms with Crippen LogP contribution in [-0.4, -0.2) is 18.9 Å². The van der Waals surface area contributed by atoms with Crippen LogP contribution in [0.25, 0.3) is 0 Å². The van der Waals surface area contributed by atoms with E-state index in [4.69, 9.17) is 4.74 Å². The molecule has 1 heterocycles. The smallest absolute Gasteiger partial charge is 0.233 e. The Bertz CT molecular complexity index is 1090. The first-order chi connectivity index (χ1) is 15.5. The third-order valence-electron chi connectivity index (χ3n) is 6.00. The van der Waals surface area contributed by atoms with Crippen LogP contribution in [0.4, 0.5) is 11.4 Å². The molecule has 0 aliphatic carbocycles. The van der Waals surface area contributed by atoms with Gasteiger partial charge in [0.1, 0.15) is 5.75 Å². The fraction of sp³-hybridized carbons (Fsp3) is 0.259. The highest BCUT2D eigenvalue weighted by atomic mass is 16.5. The van der Waals surface area contributed by atoms with Crippen LogP contribution >= 0.6 is 0 Å². The molecular weight excluding hydrogens is 400 g/mol. The summed E-state index contributed by atoms with van der Waals surface area (Å²) >= 11 is 0. The monoisotopic (exact) mass is 428 g/mol. The molecule has 5 nitrogen and oxygen atoms in total. The van der Waals surface area contributed by atoms with Crippen molar-refractivity contribution in [3.8, 4) is 5.75 Å². The van der Waals surface area contributed by atoms with Crippen molar-refractivity contribution >= 4 is 23.2 Å². The first-order valence-electron chi connectivity index (χ1n) is 10.9. The first kappa shape index (κ1) is 21.6. The fourth-order valence-electron chi connectivity index (χ4n) is 4.15. The fourth-order valence-corrected chi connectivity index (χ4v) is 4.15. The van der Waals surface area contributed by atoms with Crippen molar-refractivity contribution < 1.29 is 14.3 Å². The minimum absolute atomic E-state index is 0.0535. The van der Waals surface area contributed by atoms with Gasteiger partial charge in [-0.25, -0.2) is 0 Å². The van der Waals surface area contributed by atoms with Crippen LogP contribution in [0.2, 0.25) is 0 Å². The number of carbonyl (C=O) groups excluding carboxylic acids is 2. The zero-order chi connectivity index (χ0) is 22.7. The van der Waals surface area contributed by atoms with E-state index in [9.17, 15) is 9.59 Å². The minimum atomic E-state index is -0.242. The topological polar surface area (TPSA) is 58.6 Å². The third kappa shape index (κ3) is 4.52. The molecule has 0 bridgehead atoms. The highest BCUT2D eigenvalue weighted by Crippen LogP contribution is 2.45. The van der Waals surface area contributed by atoms with Crippen LogP contribution in [-0.2, 0) is 9.59 Å². The number of amides is 2. The van der Waals surface area contributed by atoms with Gasteiger partial charge in [0.25, 0.3) is 0 Å². The number of anilines is 2. The molecule has 164 valence electrons. The van der Waals surface area contributed by atoms with E-state index in [-0.39, 0.29) is 23.8 Å². The Morgan fingerprint density at radius 1 is 0.906 bits per heavy atom. The molecule has 3 aromatic carbocycles. The van der Waals surface area contributed by atoms with Gasteiger partial charge in [0.2, 0.25) is 11.8 Å². The molecule has 0 spiro atoms. The minimum Gasteiger partial charge on any atom is -0.497 e. The second kappa shape index (κ2) is 9.27. The van der Waals surface area contributed by atoms with E-state index in [1.165, 1.54) is 0 Å². The molecule has 4 rings (SSSR count). The Labute approximate surface area is 189 Å². The van der Waals surface area contributed by atoms with Crippen LogP contribution < -0.4 is 15.0 Å². The van der Waals surface area contributed by atoms with Crippen LogP contribution in [0.15, 0.2) is 72.8 Å². The van der Waals surface area contributed by atoms with Crippen molar-refractivity contribution in [1.82, 2.24) is 0 Å². The summed E-state index contributed by atoms with van der Waals surface area (Å²) in [5, 5.41) is 2.93. The quantitative estimate of drug-likeness (QED) is 0.510. The summed E-state index contributed by atoms with van der Waals surface area (Å²) in [6.07, 6.45) is 0.786. The van der Waals surface area contributed by atoms with Crippen LogP contribution in [0.5, 0.6) is 5.75 Å². The van der Waals surface area contributed by atoms with Crippen LogP contribution in [0, 0.1) is 19.8 Å². The van der Waals surface area contributed by atoms with Crippen molar-refractivity contribution in [1.29, 1.82) is 0 Å². The largest absolute Gasteiger partial charge is 0.497 e. The number of methoxy groups -OCH3 is 1. The molecule has 1 N–H and O–H groups in total. The lowest BCUT2D eigenvalue weighted by atomic mass is 9.79. The maximum absolute atomic E-state index is 13.1. The molecule has 0 radical (unpaired) electrons. The Hall–Kier alpha value is -3.60. The van der Waals surface area contributed by atoms with Crippen molar-refractivity contribution in [3.05, 3.63) is 89.5 Å². The van der Waals surface area contributed by atoms with Crippen molar-refractivity contribution in [3.63, 3.8) is 0 Å². The molecule has 1 fully saturated rings. The van der Waals surface area contributed by atoms with Gasteiger partial charge < -0.3 is 15.0 Å². The van der Waals surface area contributed by atoms with Gasteiger partial charge in [-0.15, -0.1) is 0 Å². The Balaban J connectivity index is 1.50. The van der Waals surface area contributed by atoms with Crippen molar-refractivity contribution in [2.24, 2.45) is 5.92 Å². The van der Waals surface area contributed by atoms with E-state index in [0.29, 0.717) is 12.8 Å². The van der Waals surface area contributed by atoms with E-state index in [1.54, 1.807) is 7.11 Å². The average molecular weight is 429 g/mol. The third-order valence-corrected chi connectivity index (χ3v) is 6.00. The highest BCUT2D eigenvalue weighted by molar-refractivity contribution is 6.03. The summed E-state index contributed by atoms with van der Waals surface area (Å²) in [5.41, 5.74) is 4.97. The predicted molar refractivity (Wildman–Crippen MR) is 127 cm³/mol. The molecule has 0 saturated carbocycles. The van der Waals surface area contributed by atoms with Gasteiger partial charge in [-0.2, -0.15) is 0 Å². The molecule has 1 saturated heterocycles. The molecular formula is C27H28N2O3. The van der Waals surface area contributed by atoms with E-state index < -0.39 is 0 Å². The van der Waals surface area contributed by atoms with E-state index >= 15 is 0 Å². The van der Waals surface area contributed by atoms with Gasteiger partial charge in [-0.3, -0.25) is 9.59 Å². The van der Waals surface area contributed by atoms with Gasteiger partial charge >= 0.3 is 0 Å². The standard InChI is InChI=1S/C27H28N2O3/c1-18-4-10-21(11-5-18)28-25(30)17-16-24-26(20-8-14-23(32-3)15-9-20)29(27(24)31)22-12-6-19(2)7-13-22/h4-15,24,26H,16-17H2,1-3H3,(H,28,30)/t24-,26-/m1/s1. The number of carbonyl (C=O) groups is 2. The van der Waals surface area contributed by atoms with Crippen LogP contribution in [0.3, 0.4) is 0 Å². The van der Waals surface area contributed by atoms with E-state index in [2.05, 4.69) is 5.32 Å². The lowest BCUT2D eigenvalue weighted by Crippen LogP contribution is -2.55. The number of hydrogen-bond donors (Lipinski definition) is 1. The van der Waals surface area contributed by atoms with Gasteiger partial charge in [0.15, 0.2) is 0 Å². The van der Waals surface area contributed by atoms with Crippen molar-refractivity contribution in [2.75, 3.05) is 17.3 Å². The zero-order valence-electron chi connectivity index (χ0n) is 18.7. The molecule has 2 atom stereocenters. The van der Waals surface area contributed by atoms with E-state index in [0.717, 1.165) is 33.8 Å². The molecule has 2 amide bonds. The molecule has 0 unspecified atom stereocenters. The summed E-state index contributed by atoms with van der Waals surface area (Å²) in [6.45, 7) is 4.03. The lowest BCUT2D eigenvalue weighted by molar-refractivity contribution is -0.131. The molecule has 1 aliphatic rings. The number of nitrogens with zero attached hydrogens (tertiary/aromatic N) is 1. The Morgan fingerprint density at radius 3 is 2.09 bits per heavy atom. The predicted octanol–water partition coefficient (Wildman–Crippen LogP) is 5.44. The second-order valence-electron chi connectivity index (χ2n) is 8.32. The number of ether oxygens (including phenoxy) is 1. The van der Waals surface area contributed by atoms with Gasteiger partial charge in [-0.1, -0.05) is 47.5 Å². The summed E-state index contributed by atoms with van der Waals surface area (Å²) in [7, 11) is 1.63. The SMILES string of the molecule is COc1ccc([C@@H]2[C@@H](CCC(=O)Nc3ccc(C)cc3)C(=O)N2c2ccc(C)cc2)cc1. The van der Waals surface area contributed by atoms with Gasteiger partial charge in [-0.05, 0) is 62.2 Å². The number of hydrogen-bond acceptors (Lipinski definition) is 3. The average Bonchev–Trinajstić information content (AvgIpc) is 2.80. The maximum Gasteiger partial charge on any atom is 0.233 e. The summed E-state index contributed by atoms with van der Waals surface area (Å²) in [4.78, 5) is 27.5. The highest BCUT2D eigenvalue weighted by Gasteiger charge is 2.48. The molecule has 32 heavy (non-hydrogen) atoms. The molecule has 1 aliphatic heterocycles. The number of benzene rings is 3. The number of β-lactam (4-membered cyclic amide) rings is 1. The zero-order valence-corrected chi connectivity index (χ0v) is 18.7. The Morgan fingerprint density at radius 2 is 1.50 bits per heavy atom. The normalized spacial score (nSPS) is 17.6. The number of aryl methyl sites for hydroxylation is 2. The summed E-state index contributed by atoms with van der Waals surface area (Å²) in [5.74, 6) is 0.505. The number of rotatable bonds is 7. The summed E-state index contributed by atoms with van der Waals surface area (Å²) in [6, 6.07) is 23.4. The van der Waals surface area contributed by atoms with E-state index in [1.807, 2.05) is 91.5 Å². The lowest BCUT2D eigenvalue weighted by Gasteiger charge is -2.47. The van der Waals surface area contributed by atoms with Crippen LogP contribution in [0.1, 0.15) is 35.6 Å². The molecule has 3 aromatic rings. The Kier molecular flexibility index (Phi) is 6.26. The maximum atomic E-state index is 13.1. The van der Waals surface area contributed by atoms with Gasteiger partial charge in [0, 0.05) is 17.8 Å². The summed E-state index contributed by atoms with van der Waals surface area (Å²) < 4.78 is 5.28. The molecule has 5 heteroatoms. The number of nitrogens with one attached hydrogen (secondary N) is 1.